The van der Waals surface area contributed by atoms with Crippen molar-refractivity contribution in [1.82, 2.24) is 14.9 Å². The fourth-order valence-corrected chi connectivity index (χ4v) is 5.08. The number of fused-ring (bicyclic) bond motifs is 1. The van der Waals surface area contributed by atoms with Gasteiger partial charge in [-0.2, -0.15) is 0 Å². The maximum atomic E-state index is 13.1. The van der Waals surface area contributed by atoms with Crippen molar-refractivity contribution in [2.45, 2.75) is 13.3 Å². The van der Waals surface area contributed by atoms with E-state index in [1.54, 1.807) is 22.4 Å². The Morgan fingerprint density at radius 1 is 1.10 bits per heavy atom. The molecule has 30 heavy (non-hydrogen) atoms. The molecule has 1 unspecified atom stereocenters. The van der Waals surface area contributed by atoms with Crippen molar-refractivity contribution in [2.24, 2.45) is 5.92 Å². The van der Waals surface area contributed by atoms with Crippen molar-refractivity contribution in [3.05, 3.63) is 48.2 Å². The Morgan fingerprint density at radius 2 is 1.87 bits per heavy atom. The number of aromatic nitrogens is 2. The van der Waals surface area contributed by atoms with Crippen LogP contribution in [0.5, 0.6) is 0 Å². The molecule has 1 aromatic carbocycles. The quantitative estimate of drug-likeness (QED) is 0.650. The van der Waals surface area contributed by atoms with Gasteiger partial charge in [0.05, 0.1) is 5.92 Å². The van der Waals surface area contributed by atoms with E-state index in [0.29, 0.717) is 19.6 Å². The molecule has 8 heteroatoms. The van der Waals surface area contributed by atoms with E-state index in [4.69, 9.17) is 0 Å². The first-order valence-corrected chi connectivity index (χ1v) is 11.0. The van der Waals surface area contributed by atoms with E-state index in [0.717, 1.165) is 39.8 Å². The van der Waals surface area contributed by atoms with Crippen LogP contribution in [0.25, 0.3) is 10.3 Å². The van der Waals surface area contributed by atoms with Gasteiger partial charge in [-0.25, -0.2) is 9.97 Å². The molecule has 1 atom stereocenters. The Labute approximate surface area is 178 Å². The Bertz CT molecular complexity index is 1060. The molecular weight excluding hydrogens is 398 g/mol. The van der Waals surface area contributed by atoms with Gasteiger partial charge in [-0.3, -0.25) is 9.59 Å². The molecule has 0 radical (unpaired) electrons. The molecular formula is C22H23N5O2S. The number of pyridine rings is 1. The summed E-state index contributed by atoms with van der Waals surface area (Å²) in [6.07, 6.45) is 2.07. The third-order valence-corrected chi connectivity index (χ3v) is 6.88. The number of hydrogen-bond donors (Lipinski definition) is 0. The lowest BCUT2D eigenvalue weighted by molar-refractivity contribution is -0.136. The molecule has 2 saturated heterocycles. The number of nitrogens with zero attached hydrogens (tertiary/aromatic N) is 5. The van der Waals surface area contributed by atoms with E-state index in [-0.39, 0.29) is 24.2 Å². The number of carbonyl (C=O) groups excluding carboxylic acids is 2. The zero-order valence-electron chi connectivity index (χ0n) is 16.8. The predicted octanol–water partition coefficient (Wildman–Crippen LogP) is 2.70. The van der Waals surface area contributed by atoms with Crippen molar-refractivity contribution < 1.29 is 9.59 Å². The number of amides is 2. The first-order chi connectivity index (χ1) is 14.6. The third-order valence-electron chi connectivity index (χ3n) is 5.84. The van der Waals surface area contributed by atoms with E-state index in [9.17, 15) is 9.59 Å². The minimum absolute atomic E-state index is 0.0258. The van der Waals surface area contributed by atoms with Gasteiger partial charge in [0.1, 0.15) is 10.3 Å². The molecule has 2 aliphatic heterocycles. The molecule has 2 fully saturated rings. The van der Waals surface area contributed by atoms with Crippen LogP contribution in [0, 0.1) is 12.8 Å². The fraction of sp³-hybridized carbons (Fsp3) is 0.364. The molecule has 0 saturated carbocycles. The number of aryl methyl sites for hydroxylation is 1. The summed E-state index contributed by atoms with van der Waals surface area (Å²) in [7, 11) is 0. The highest BCUT2D eigenvalue weighted by molar-refractivity contribution is 7.21. The Morgan fingerprint density at radius 3 is 2.60 bits per heavy atom. The van der Waals surface area contributed by atoms with Crippen molar-refractivity contribution in [2.75, 3.05) is 42.5 Å². The van der Waals surface area contributed by atoms with Crippen LogP contribution in [0.4, 0.5) is 10.8 Å². The van der Waals surface area contributed by atoms with Crippen LogP contribution in [-0.4, -0.2) is 59.4 Å². The smallest absolute Gasteiger partial charge is 0.228 e. The molecule has 5 rings (SSSR count). The zero-order chi connectivity index (χ0) is 20.7. The summed E-state index contributed by atoms with van der Waals surface area (Å²) >= 11 is 1.59. The number of carbonyl (C=O) groups is 2. The van der Waals surface area contributed by atoms with Crippen molar-refractivity contribution in [3.63, 3.8) is 0 Å². The van der Waals surface area contributed by atoms with Gasteiger partial charge in [-0.1, -0.05) is 29.0 Å². The SMILES string of the molecule is Cc1ccc(N2CC(C(=O)N3CCN(c4nc5cccnc5s4)CC3)CC2=O)cc1. The molecule has 3 aromatic rings. The summed E-state index contributed by atoms with van der Waals surface area (Å²) < 4.78 is 0. The fourth-order valence-electron chi connectivity index (χ4n) is 4.12. The number of rotatable bonds is 3. The monoisotopic (exact) mass is 421 g/mol. The molecule has 0 N–H and O–H groups in total. The highest BCUT2D eigenvalue weighted by atomic mass is 32.1. The lowest BCUT2D eigenvalue weighted by atomic mass is 10.1. The van der Waals surface area contributed by atoms with Crippen LogP contribution in [-0.2, 0) is 9.59 Å². The van der Waals surface area contributed by atoms with Gasteiger partial charge >= 0.3 is 0 Å². The number of anilines is 2. The Hall–Kier alpha value is -3.00. The second-order valence-corrected chi connectivity index (χ2v) is 8.83. The minimum atomic E-state index is -0.267. The number of piperazine rings is 1. The first-order valence-electron chi connectivity index (χ1n) is 10.2. The minimum Gasteiger partial charge on any atom is -0.344 e. The summed E-state index contributed by atoms with van der Waals surface area (Å²) in [4.78, 5) is 41.4. The Balaban J connectivity index is 1.21. The normalized spacial score (nSPS) is 19.7. The third kappa shape index (κ3) is 3.52. The number of benzene rings is 1. The maximum Gasteiger partial charge on any atom is 0.228 e. The van der Waals surface area contributed by atoms with Crippen LogP contribution in [0.15, 0.2) is 42.6 Å². The average molecular weight is 422 g/mol. The Kier molecular flexibility index (Phi) is 4.86. The van der Waals surface area contributed by atoms with Crippen LogP contribution in [0.1, 0.15) is 12.0 Å². The summed E-state index contributed by atoms with van der Waals surface area (Å²) in [5, 5.41) is 0.956. The highest BCUT2D eigenvalue weighted by Gasteiger charge is 2.38. The lowest BCUT2D eigenvalue weighted by Crippen LogP contribution is -2.50. The topological polar surface area (TPSA) is 69.6 Å². The van der Waals surface area contributed by atoms with Crippen LogP contribution in [0.3, 0.4) is 0 Å². The molecule has 154 valence electrons. The van der Waals surface area contributed by atoms with Gasteiger partial charge in [0.15, 0.2) is 5.13 Å². The van der Waals surface area contributed by atoms with E-state index in [2.05, 4.69) is 14.9 Å². The van der Waals surface area contributed by atoms with Crippen LogP contribution >= 0.6 is 11.3 Å². The largest absolute Gasteiger partial charge is 0.344 e. The summed E-state index contributed by atoms with van der Waals surface area (Å²) in [6.45, 7) is 5.27. The van der Waals surface area contributed by atoms with Crippen molar-refractivity contribution >= 4 is 44.3 Å². The van der Waals surface area contributed by atoms with Crippen molar-refractivity contribution in [1.29, 1.82) is 0 Å². The van der Waals surface area contributed by atoms with Gasteiger partial charge in [-0.15, -0.1) is 0 Å². The predicted molar refractivity (Wildman–Crippen MR) is 118 cm³/mol. The number of hydrogen-bond acceptors (Lipinski definition) is 6. The summed E-state index contributed by atoms with van der Waals surface area (Å²) in [6, 6.07) is 11.8. The first kappa shape index (κ1) is 19.0. The van der Waals surface area contributed by atoms with Gasteiger partial charge in [0, 0.05) is 51.0 Å². The second-order valence-electron chi connectivity index (χ2n) is 7.88. The molecule has 2 amide bonds. The summed E-state index contributed by atoms with van der Waals surface area (Å²) in [5.74, 6) is -0.154. The van der Waals surface area contributed by atoms with Crippen molar-refractivity contribution in [3.8, 4) is 0 Å². The average Bonchev–Trinajstić information content (AvgIpc) is 3.38. The second kappa shape index (κ2) is 7.68. The molecule has 7 nitrogen and oxygen atoms in total. The van der Waals surface area contributed by atoms with Crippen LogP contribution in [0.2, 0.25) is 0 Å². The summed E-state index contributed by atoms with van der Waals surface area (Å²) in [5.41, 5.74) is 2.94. The molecule has 0 spiro atoms. The molecule has 0 bridgehead atoms. The molecule has 0 aliphatic carbocycles. The van der Waals surface area contributed by atoms with E-state index in [1.807, 2.05) is 48.2 Å². The number of thiazole rings is 1. The highest BCUT2D eigenvalue weighted by Crippen LogP contribution is 2.29. The van der Waals surface area contributed by atoms with Gasteiger partial charge < -0.3 is 14.7 Å². The van der Waals surface area contributed by atoms with Gasteiger partial charge in [0.2, 0.25) is 11.8 Å². The maximum absolute atomic E-state index is 13.1. The van der Waals surface area contributed by atoms with E-state index in [1.165, 1.54) is 0 Å². The van der Waals surface area contributed by atoms with Gasteiger partial charge in [0.25, 0.3) is 0 Å². The zero-order valence-corrected chi connectivity index (χ0v) is 17.6. The molecule has 2 aromatic heterocycles. The van der Waals surface area contributed by atoms with E-state index < -0.39 is 0 Å². The molecule has 2 aliphatic rings. The standard InChI is InChI=1S/C22H23N5O2S/c1-15-4-6-17(7-5-15)27-14-16(13-19(27)28)21(29)25-9-11-26(12-10-25)22-24-18-3-2-8-23-20(18)30-22/h2-8,16H,9-14H2,1H3. The van der Waals surface area contributed by atoms with Crippen LogP contribution < -0.4 is 9.80 Å². The lowest BCUT2D eigenvalue weighted by Gasteiger charge is -2.35. The van der Waals surface area contributed by atoms with E-state index >= 15 is 0 Å². The molecule has 4 heterocycles. The van der Waals surface area contributed by atoms with Gasteiger partial charge in [-0.05, 0) is 31.2 Å².